The lowest BCUT2D eigenvalue weighted by molar-refractivity contribution is -0.142. The number of benzene rings is 1. The molecule has 0 amide bonds. The van der Waals surface area contributed by atoms with Gasteiger partial charge in [0.05, 0.1) is 13.7 Å². The molecule has 1 rings (SSSR count). The molecule has 0 bridgehead atoms. The van der Waals surface area contributed by atoms with E-state index in [1.54, 1.807) is 0 Å². The molecule has 0 spiro atoms. The number of carbonyl (C=O) groups excluding carboxylic acids is 2. The van der Waals surface area contributed by atoms with Gasteiger partial charge in [-0.15, -0.1) is 0 Å². The lowest BCUT2D eigenvalue weighted by Gasteiger charge is -2.24. The summed E-state index contributed by atoms with van der Waals surface area (Å²) in [4.78, 5) is 23.8. The normalized spacial score (nSPS) is 16.3. The van der Waals surface area contributed by atoms with Crippen LogP contribution in [0.25, 0.3) is 0 Å². The number of carbonyl (C=O) groups is 2. The Morgan fingerprint density at radius 2 is 1.74 bits per heavy atom. The van der Waals surface area contributed by atoms with Crippen LogP contribution in [0.2, 0.25) is 0 Å². The lowest BCUT2D eigenvalue weighted by atomic mass is 9.96. The number of ether oxygens (including phenoxy) is 1. The van der Waals surface area contributed by atoms with Gasteiger partial charge >= 0.3 is 0 Å². The average molecular weight is 330 g/mol. The zero-order chi connectivity index (χ0) is 17.7. The van der Waals surface area contributed by atoms with Crippen molar-refractivity contribution in [2.24, 2.45) is 0 Å². The van der Waals surface area contributed by atoms with E-state index in [0.717, 1.165) is 18.2 Å². The van der Waals surface area contributed by atoms with Crippen LogP contribution < -0.4 is 4.74 Å². The highest BCUT2D eigenvalue weighted by atomic mass is 16.5. The zero-order valence-electron chi connectivity index (χ0n) is 12.2. The van der Waals surface area contributed by atoms with Crippen LogP contribution >= 0.6 is 0 Å². The number of ketones is 2. The van der Waals surface area contributed by atoms with E-state index < -0.39 is 42.6 Å². The van der Waals surface area contributed by atoms with Crippen molar-refractivity contribution in [1.29, 1.82) is 0 Å². The SMILES string of the molecule is COc1cc(C(=O)C(=O)[C@H](O)[C@@H](O)[C@H](O)[C@H](O)CO)ccc1O. The second-order valence-corrected chi connectivity index (χ2v) is 4.76. The van der Waals surface area contributed by atoms with E-state index in [2.05, 4.69) is 0 Å². The second kappa shape index (κ2) is 7.99. The van der Waals surface area contributed by atoms with Gasteiger partial charge in [0.15, 0.2) is 11.5 Å². The molecule has 0 saturated carbocycles. The minimum atomic E-state index is -2.31. The van der Waals surface area contributed by atoms with Gasteiger partial charge in [0.1, 0.15) is 24.4 Å². The Hall–Kier alpha value is -2.04. The van der Waals surface area contributed by atoms with Gasteiger partial charge in [-0.05, 0) is 18.2 Å². The number of aliphatic hydroxyl groups excluding tert-OH is 5. The maximum Gasteiger partial charge on any atom is 0.234 e. The van der Waals surface area contributed by atoms with Crippen LogP contribution in [-0.4, -0.2) is 80.3 Å². The minimum absolute atomic E-state index is 0.0746. The van der Waals surface area contributed by atoms with E-state index in [1.165, 1.54) is 7.11 Å². The van der Waals surface area contributed by atoms with Crippen LogP contribution in [0.4, 0.5) is 0 Å². The first-order chi connectivity index (χ1) is 10.7. The number of methoxy groups -OCH3 is 1. The molecule has 0 aromatic heterocycles. The maximum absolute atomic E-state index is 12.0. The molecule has 0 aliphatic carbocycles. The van der Waals surface area contributed by atoms with Crippen molar-refractivity contribution < 1.29 is 45.0 Å². The van der Waals surface area contributed by atoms with Crippen molar-refractivity contribution in [2.45, 2.75) is 24.4 Å². The molecule has 23 heavy (non-hydrogen) atoms. The first kappa shape index (κ1) is 19.0. The summed E-state index contributed by atoms with van der Waals surface area (Å²) in [7, 11) is 1.23. The summed E-state index contributed by atoms with van der Waals surface area (Å²) in [6.07, 6.45) is -8.30. The summed E-state index contributed by atoms with van der Waals surface area (Å²) >= 11 is 0. The van der Waals surface area contributed by atoms with Gasteiger partial charge in [-0.25, -0.2) is 0 Å². The Bertz CT molecular complexity index is 571. The van der Waals surface area contributed by atoms with Crippen LogP contribution in [0.15, 0.2) is 18.2 Å². The van der Waals surface area contributed by atoms with Gasteiger partial charge in [-0.1, -0.05) is 0 Å². The molecule has 1 aromatic carbocycles. The number of Topliss-reactive ketones (excluding diaryl/α,β-unsaturated/α-hetero) is 2. The summed E-state index contributed by atoms with van der Waals surface area (Å²) in [5.41, 5.74) is -0.215. The maximum atomic E-state index is 12.0. The fraction of sp³-hybridized carbons (Fsp3) is 0.429. The highest BCUT2D eigenvalue weighted by Crippen LogP contribution is 2.26. The van der Waals surface area contributed by atoms with E-state index in [9.17, 15) is 35.1 Å². The topological polar surface area (TPSA) is 165 Å². The zero-order valence-corrected chi connectivity index (χ0v) is 12.2. The van der Waals surface area contributed by atoms with E-state index in [4.69, 9.17) is 9.84 Å². The third-order valence-electron chi connectivity index (χ3n) is 3.19. The molecule has 9 nitrogen and oxygen atoms in total. The highest BCUT2D eigenvalue weighted by molar-refractivity contribution is 6.45. The molecule has 6 N–H and O–H groups in total. The summed E-state index contributed by atoms with van der Waals surface area (Å²) in [6.45, 7) is -0.914. The Morgan fingerprint density at radius 3 is 2.26 bits per heavy atom. The van der Waals surface area contributed by atoms with E-state index >= 15 is 0 Å². The largest absolute Gasteiger partial charge is 0.504 e. The van der Waals surface area contributed by atoms with E-state index in [0.29, 0.717) is 0 Å². The van der Waals surface area contributed by atoms with E-state index in [-0.39, 0.29) is 17.1 Å². The summed E-state index contributed by atoms with van der Waals surface area (Å²) in [6, 6.07) is 3.27. The van der Waals surface area contributed by atoms with Crippen LogP contribution in [-0.2, 0) is 4.79 Å². The molecule has 1 aromatic rings. The van der Waals surface area contributed by atoms with Crippen LogP contribution in [0.5, 0.6) is 11.5 Å². The fourth-order valence-electron chi connectivity index (χ4n) is 1.77. The molecule has 9 heteroatoms. The van der Waals surface area contributed by atoms with Crippen molar-refractivity contribution in [3.8, 4) is 11.5 Å². The quantitative estimate of drug-likeness (QED) is 0.225. The highest BCUT2D eigenvalue weighted by Gasteiger charge is 2.37. The average Bonchev–Trinajstić information content (AvgIpc) is 2.57. The number of aromatic hydroxyl groups is 1. The summed E-state index contributed by atoms with van der Waals surface area (Å²) < 4.78 is 4.78. The summed E-state index contributed by atoms with van der Waals surface area (Å²) in [5.74, 6) is -2.97. The number of phenolic OH excluding ortho intramolecular Hbond substituents is 1. The van der Waals surface area contributed by atoms with Crippen LogP contribution in [0.1, 0.15) is 10.4 Å². The Kier molecular flexibility index (Phi) is 6.61. The molecular weight excluding hydrogens is 312 g/mol. The van der Waals surface area contributed by atoms with Gasteiger partial charge in [0.25, 0.3) is 0 Å². The predicted molar refractivity (Wildman–Crippen MR) is 75.1 cm³/mol. The molecule has 0 aliphatic heterocycles. The Morgan fingerprint density at radius 1 is 1.13 bits per heavy atom. The van der Waals surface area contributed by atoms with Gasteiger partial charge in [-0.2, -0.15) is 0 Å². The van der Waals surface area contributed by atoms with Crippen molar-refractivity contribution in [3.63, 3.8) is 0 Å². The van der Waals surface area contributed by atoms with Gasteiger partial charge in [0, 0.05) is 5.56 Å². The van der Waals surface area contributed by atoms with E-state index in [1.807, 2.05) is 0 Å². The van der Waals surface area contributed by atoms with Gasteiger partial charge < -0.3 is 35.4 Å². The molecule has 0 fully saturated rings. The van der Waals surface area contributed by atoms with Crippen molar-refractivity contribution in [2.75, 3.05) is 13.7 Å². The molecule has 4 atom stereocenters. The number of aliphatic hydroxyl groups is 5. The summed E-state index contributed by atoms with van der Waals surface area (Å²) in [5, 5.41) is 55.9. The molecule has 0 aliphatic rings. The second-order valence-electron chi connectivity index (χ2n) is 4.76. The number of phenols is 1. The number of hydrogen-bond donors (Lipinski definition) is 6. The smallest absolute Gasteiger partial charge is 0.234 e. The third-order valence-corrected chi connectivity index (χ3v) is 3.19. The van der Waals surface area contributed by atoms with Gasteiger partial charge in [-0.3, -0.25) is 9.59 Å². The molecule has 0 radical (unpaired) electrons. The van der Waals surface area contributed by atoms with Crippen LogP contribution in [0.3, 0.4) is 0 Å². The predicted octanol–water partition coefficient (Wildman–Crippen LogP) is -2.41. The third kappa shape index (κ3) is 4.24. The number of hydrogen-bond acceptors (Lipinski definition) is 9. The van der Waals surface area contributed by atoms with Crippen LogP contribution in [0, 0.1) is 0 Å². The monoisotopic (exact) mass is 330 g/mol. The molecule has 0 unspecified atom stereocenters. The van der Waals surface area contributed by atoms with Crippen molar-refractivity contribution in [1.82, 2.24) is 0 Å². The first-order valence-electron chi connectivity index (χ1n) is 6.53. The molecule has 0 saturated heterocycles. The Labute approximate surface area is 131 Å². The first-order valence-corrected chi connectivity index (χ1v) is 6.53. The fourth-order valence-corrected chi connectivity index (χ4v) is 1.77. The van der Waals surface area contributed by atoms with Gasteiger partial charge in [0.2, 0.25) is 11.6 Å². The molecule has 0 heterocycles. The molecular formula is C14H18O9. The van der Waals surface area contributed by atoms with Crippen molar-refractivity contribution in [3.05, 3.63) is 23.8 Å². The Balaban J connectivity index is 2.93. The molecule has 128 valence electrons. The van der Waals surface area contributed by atoms with Crippen molar-refractivity contribution >= 4 is 11.6 Å². The number of rotatable bonds is 8. The minimum Gasteiger partial charge on any atom is -0.504 e. The standard InChI is InChI=1S/C14H18O9/c1-23-9-4-6(2-3-7(9)16)10(18)12(20)14(22)13(21)11(19)8(17)5-15/h2-4,8,11,13-17,19,21-22H,5H2,1H3/t8-,11-,13+,14+/m1/s1. The lowest BCUT2D eigenvalue weighted by Crippen LogP contribution is -2.50.